The minimum atomic E-state index is -3.98. The van der Waals surface area contributed by atoms with Gasteiger partial charge < -0.3 is 5.11 Å². The van der Waals surface area contributed by atoms with E-state index in [0.717, 1.165) is 0 Å². The Balaban J connectivity index is 2.42. The molecule has 2 rings (SSSR count). The van der Waals surface area contributed by atoms with Crippen molar-refractivity contribution in [1.29, 1.82) is 0 Å². The molecule has 0 heterocycles. The fourth-order valence-electron chi connectivity index (χ4n) is 1.62. The van der Waals surface area contributed by atoms with Crippen LogP contribution in [0.5, 0.6) is 0 Å². The Hall–Kier alpha value is -1.56. The van der Waals surface area contributed by atoms with Crippen LogP contribution in [0.2, 0.25) is 10.0 Å². The van der Waals surface area contributed by atoms with E-state index < -0.39 is 10.0 Å². The molecule has 0 aromatic heterocycles. The number of halogens is 2. The second-order valence-corrected chi connectivity index (χ2v) is 6.66. The molecule has 0 radical (unpaired) electrons. The molecule has 110 valence electrons. The van der Waals surface area contributed by atoms with Crippen LogP contribution in [0, 0.1) is 0 Å². The molecule has 0 bridgehead atoms. The van der Waals surface area contributed by atoms with Crippen molar-refractivity contribution in [3.63, 3.8) is 0 Å². The maximum atomic E-state index is 12.2. The summed E-state index contributed by atoms with van der Waals surface area (Å²) in [6.45, 7) is 1.43. The summed E-state index contributed by atoms with van der Waals surface area (Å²) in [5, 5.41) is 11.5. The van der Waals surface area contributed by atoms with E-state index in [0.29, 0.717) is 5.57 Å². The van der Waals surface area contributed by atoms with Crippen molar-refractivity contribution in [3.05, 3.63) is 63.9 Å². The number of benzene rings is 1. The number of hydrogen-bond donors (Lipinski definition) is 0. The Labute approximate surface area is 132 Å². The van der Waals surface area contributed by atoms with Gasteiger partial charge in [0.1, 0.15) is 4.90 Å². The molecule has 1 aliphatic rings. The zero-order valence-electron chi connectivity index (χ0n) is 10.9. The molecule has 21 heavy (non-hydrogen) atoms. The van der Waals surface area contributed by atoms with Crippen LogP contribution in [-0.4, -0.2) is 14.1 Å². The molecule has 0 unspecified atom stereocenters. The van der Waals surface area contributed by atoms with Gasteiger partial charge in [0, 0.05) is 5.02 Å². The number of nitrogens with zero attached hydrogens (tertiary/aromatic N) is 1. The molecular weight excluding hydrogens is 333 g/mol. The highest BCUT2D eigenvalue weighted by Gasteiger charge is 2.18. The summed E-state index contributed by atoms with van der Waals surface area (Å²) in [5.41, 5.74) is 0.683. The number of allylic oxidation sites excluding steroid dienone is 6. The van der Waals surface area contributed by atoms with Crippen LogP contribution < -0.4 is 5.11 Å². The first-order chi connectivity index (χ1) is 9.79. The Morgan fingerprint density at radius 1 is 1.14 bits per heavy atom. The minimum Gasteiger partial charge on any atom is -0.875 e. The lowest BCUT2D eigenvalue weighted by Crippen LogP contribution is -2.06. The van der Waals surface area contributed by atoms with Crippen molar-refractivity contribution in [3.8, 4) is 0 Å². The molecule has 0 atom stereocenters. The van der Waals surface area contributed by atoms with Crippen LogP contribution in [0.1, 0.15) is 6.92 Å². The van der Waals surface area contributed by atoms with Gasteiger partial charge in [0.15, 0.2) is 0 Å². The Kier molecular flexibility index (Phi) is 4.56. The van der Waals surface area contributed by atoms with Crippen molar-refractivity contribution < 1.29 is 13.5 Å². The van der Waals surface area contributed by atoms with E-state index in [1.54, 1.807) is 0 Å². The fourth-order valence-corrected chi connectivity index (χ4v) is 3.35. The summed E-state index contributed by atoms with van der Waals surface area (Å²) in [6, 6.07) is 4.13. The second kappa shape index (κ2) is 6.05. The van der Waals surface area contributed by atoms with E-state index in [1.165, 1.54) is 49.4 Å². The first-order valence-corrected chi connectivity index (χ1v) is 8.03. The van der Waals surface area contributed by atoms with Crippen LogP contribution in [0.15, 0.2) is 63.1 Å². The first kappa shape index (κ1) is 15.8. The van der Waals surface area contributed by atoms with Gasteiger partial charge in [-0.3, -0.25) is 0 Å². The smallest absolute Gasteiger partial charge is 0.284 e. The van der Waals surface area contributed by atoms with Gasteiger partial charge >= 0.3 is 0 Å². The van der Waals surface area contributed by atoms with Gasteiger partial charge in [-0.15, -0.1) is 5.76 Å². The molecule has 0 aliphatic heterocycles. The standard InChI is InChI=1S/C14H11Cl2NO3S/c1-9(18)10-2-5-12(6-3-10)17-21(19,20)14-8-11(15)4-7-13(14)16/h2-8,18H,1H3/p-1. The van der Waals surface area contributed by atoms with Crippen LogP contribution in [-0.2, 0) is 10.0 Å². The maximum absolute atomic E-state index is 12.2. The third-order valence-corrected chi connectivity index (χ3v) is 4.69. The summed E-state index contributed by atoms with van der Waals surface area (Å²) in [6.07, 6.45) is 5.92. The molecule has 0 spiro atoms. The second-order valence-electron chi connectivity index (χ2n) is 4.24. The Bertz CT molecular complexity index is 784. The van der Waals surface area contributed by atoms with Crippen molar-refractivity contribution in [2.75, 3.05) is 0 Å². The average molecular weight is 343 g/mol. The first-order valence-electron chi connectivity index (χ1n) is 5.84. The quantitative estimate of drug-likeness (QED) is 0.776. The molecule has 0 amide bonds. The van der Waals surface area contributed by atoms with Gasteiger partial charge in [0.2, 0.25) is 0 Å². The van der Waals surface area contributed by atoms with Gasteiger partial charge in [-0.1, -0.05) is 42.3 Å². The maximum Gasteiger partial charge on any atom is 0.284 e. The van der Waals surface area contributed by atoms with Crippen molar-refractivity contribution in [2.45, 2.75) is 11.8 Å². The summed E-state index contributed by atoms with van der Waals surface area (Å²) in [4.78, 5) is -0.160. The monoisotopic (exact) mass is 342 g/mol. The summed E-state index contributed by atoms with van der Waals surface area (Å²) in [7, 11) is -3.98. The molecule has 0 N–H and O–H groups in total. The van der Waals surface area contributed by atoms with E-state index in [2.05, 4.69) is 4.40 Å². The molecule has 1 aromatic carbocycles. The zero-order valence-corrected chi connectivity index (χ0v) is 13.2. The third kappa shape index (κ3) is 3.75. The van der Waals surface area contributed by atoms with Crippen LogP contribution in [0.25, 0.3) is 0 Å². The lowest BCUT2D eigenvalue weighted by atomic mass is 10.1. The number of sulfonamides is 1. The van der Waals surface area contributed by atoms with E-state index >= 15 is 0 Å². The third-order valence-electron chi connectivity index (χ3n) is 2.67. The molecule has 7 heteroatoms. The van der Waals surface area contributed by atoms with E-state index in [4.69, 9.17) is 23.2 Å². The normalized spacial score (nSPS) is 14.4. The molecule has 0 saturated carbocycles. The SMILES string of the molecule is CC([O-])=C1C=CC(=NS(=O)(=O)c2cc(Cl)ccc2Cl)C=C1. The van der Waals surface area contributed by atoms with Gasteiger partial charge in [-0.25, -0.2) is 0 Å². The predicted molar refractivity (Wildman–Crippen MR) is 82.1 cm³/mol. The van der Waals surface area contributed by atoms with Gasteiger partial charge in [0.05, 0.1) is 10.7 Å². The summed E-state index contributed by atoms with van der Waals surface area (Å²) >= 11 is 11.7. The Morgan fingerprint density at radius 3 is 2.33 bits per heavy atom. The molecule has 4 nitrogen and oxygen atoms in total. The minimum absolute atomic E-state index is 0.0449. The van der Waals surface area contributed by atoms with Gasteiger partial charge in [-0.05, 0) is 35.9 Å². The highest BCUT2D eigenvalue weighted by atomic mass is 35.5. The lowest BCUT2D eigenvalue weighted by Gasteiger charge is -2.11. The highest BCUT2D eigenvalue weighted by molar-refractivity contribution is 7.90. The summed E-state index contributed by atoms with van der Waals surface area (Å²) in [5.74, 6) is -0.109. The van der Waals surface area contributed by atoms with Crippen molar-refractivity contribution in [1.82, 2.24) is 0 Å². The molecule has 1 aromatic rings. The predicted octanol–water partition coefficient (Wildman–Crippen LogP) is 2.88. The molecular formula is C14H10Cl2NO3S-. The molecule has 0 saturated heterocycles. The molecule has 1 aliphatic carbocycles. The van der Waals surface area contributed by atoms with Crippen LogP contribution in [0.4, 0.5) is 0 Å². The van der Waals surface area contributed by atoms with E-state index in [1.807, 2.05) is 0 Å². The van der Waals surface area contributed by atoms with Crippen molar-refractivity contribution in [2.24, 2.45) is 4.40 Å². The Morgan fingerprint density at radius 2 is 1.76 bits per heavy atom. The molecule has 0 fully saturated rings. The van der Waals surface area contributed by atoms with Gasteiger partial charge in [-0.2, -0.15) is 12.8 Å². The van der Waals surface area contributed by atoms with Crippen LogP contribution in [0.3, 0.4) is 0 Å². The number of rotatable bonds is 2. The average Bonchev–Trinajstić information content (AvgIpc) is 2.41. The van der Waals surface area contributed by atoms with Crippen molar-refractivity contribution >= 4 is 38.9 Å². The van der Waals surface area contributed by atoms with Gasteiger partial charge in [0.25, 0.3) is 10.0 Å². The fraction of sp³-hybridized carbons (Fsp3) is 0.0714. The summed E-state index contributed by atoms with van der Waals surface area (Å²) < 4.78 is 28.1. The largest absolute Gasteiger partial charge is 0.875 e. The topological polar surface area (TPSA) is 69.6 Å². The lowest BCUT2D eigenvalue weighted by molar-refractivity contribution is -0.302. The number of hydrogen-bond acceptors (Lipinski definition) is 3. The van der Waals surface area contributed by atoms with Crippen LogP contribution >= 0.6 is 23.2 Å². The zero-order chi connectivity index (χ0) is 15.6. The van der Waals surface area contributed by atoms with E-state index in [-0.39, 0.29) is 26.4 Å². The van der Waals surface area contributed by atoms with E-state index in [9.17, 15) is 13.5 Å². The highest BCUT2D eigenvalue weighted by Crippen LogP contribution is 2.26.